The summed E-state index contributed by atoms with van der Waals surface area (Å²) in [4.78, 5) is 3.99. The highest BCUT2D eigenvalue weighted by Gasteiger charge is 2.29. The van der Waals surface area contributed by atoms with Gasteiger partial charge in [0.05, 0.1) is 12.1 Å². The molecule has 15 heavy (non-hydrogen) atoms. The minimum absolute atomic E-state index is 0.115. The first-order valence-electron chi connectivity index (χ1n) is 5.51. The zero-order chi connectivity index (χ0) is 10.7. The number of nitrogens with zero attached hydrogens (tertiary/aromatic N) is 1. The molecule has 1 heterocycles. The third kappa shape index (κ3) is 2.55. The molecule has 2 N–H and O–H groups in total. The summed E-state index contributed by atoms with van der Waals surface area (Å²) in [6.45, 7) is 3.15. The number of hydrogen-bond donors (Lipinski definition) is 2. The average molecular weight is 206 g/mol. The van der Waals surface area contributed by atoms with E-state index in [0.717, 1.165) is 18.0 Å². The molecule has 0 bridgehead atoms. The number of rotatable bonds is 5. The van der Waals surface area contributed by atoms with Crippen molar-refractivity contribution in [3.05, 3.63) is 30.1 Å². The van der Waals surface area contributed by atoms with Crippen LogP contribution >= 0.6 is 0 Å². The van der Waals surface area contributed by atoms with Crippen LogP contribution in [0.1, 0.15) is 25.3 Å². The largest absolute Gasteiger partial charge is 0.394 e. The van der Waals surface area contributed by atoms with Gasteiger partial charge >= 0.3 is 0 Å². The number of nitrogens with one attached hydrogen (secondary N) is 1. The van der Waals surface area contributed by atoms with E-state index < -0.39 is 0 Å². The standard InChI is InChI=1S/C12H18N2O/c1-12(9-15,14-8-10-2-3-10)11-4-6-13-7-5-11/h4-7,10,14-15H,2-3,8-9H2,1H3. The van der Waals surface area contributed by atoms with Gasteiger partial charge in [0, 0.05) is 12.4 Å². The lowest BCUT2D eigenvalue weighted by Crippen LogP contribution is -2.43. The molecule has 0 radical (unpaired) electrons. The first-order valence-corrected chi connectivity index (χ1v) is 5.51. The molecule has 1 aliphatic carbocycles. The van der Waals surface area contributed by atoms with Gasteiger partial charge < -0.3 is 10.4 Å². The van der Waals surface area contributed by atoms with E-state index >= 15 is 0 Å². The monoisotopic (exact) mass is 206 g/mol. The minimum Gasteiger partial charge on any atom is -0.394 e. The molecule has 0 saturated heterocycles. The maximum atomic E-state index is 9.49. The molecule has 0 aliphatic heterocycles. The highest BCUT2D eigenvalue weighted by Crippen LogP contribution is 2.29. The van der Waals surface area contributed by atoms with Gasteiger partial charge in [-0.3, -0.25) is 4.98 Å². The van der Waals surface area contributed by atoms with Gasteiger partial charge in [-0.15, -0.1) is 0 Å². The molecule has 1 unspecified atom stereocenters. The average Bonchev–Trinajstić information content (AvgIpc) is 3.11. The smallest absolute Gasteiger partial charge is 0.0652 e. The van der Waals surface area contributed by atoms with Gasteiger partial charge in [0.1, 0.15) is 0 Å². The summed E-state index contributed by atoms with van der Waals surface area (Å²) in [5, 5.41) is 12.9. The van der Waals surface area contributed by atoms with E-state index in [1.165, 1.54) is 12.8 Å². The van der Waals surface area contributed by atoms with Crippen LogP contribution in [-0.4, -0.2) is 23.2 Å². The van der Waals surface area contributed by atoms with Gasteiger partial charge in [-0.05, 0) is 49.9 Å². The zero-order valence-electron chi connectivity index (χ0n) is 9.11. The summed E-state index contributed by atoms with van der Waals surface area (Å²) in [5.41, 5.74) is 0.770. The Balaban J connectivity index is 2.05. The Labute approximate surface area is 90.5 Å². The number of aliphatic hydroxyl groups is 1. The Hall–Kier alpha value is -0.930. The van der Waals surface area contributed by atoms with Crippen LogP contribution in [0.4, 0.5) is 0 Å². The lowest BCUT2D eigenvalue weighted by atomic mass is 9.93. The molecule has 0 aromatic carbocycles. The summed E-state index contributed by atoms with van der Waals surface area (Å²) in [6.07, 6.45) is 6.18. The van der Waals surface area contributed by atoms with E-state index in [0.29, 0.717) is 0 Å². The predicted octanol–water partition coefficient (Wildman–Crippen LogP) is 1.29. The van der Waals surface area contributed by atoms with E-state index in [-0.39, 0.29) is 12.1 Å². The van der Waals surface area contributed by atoms with Gasteiger partial charge in [-0.1, -0.05) is 0 Å². The highest BCUT2D eigenvalue weighted by molar-refractivity contribution is 5.20. The molecule has 1 saturated carbocycles. The Morgan fingerprint density at radius 3 is 2.67 bits per heavy atom. The van der Waals surface area contributed by atoms with Crippen molar-refractivity contribution >= 4 is 0 Å². The van der Waals surface area contributed by atoms with E-state index in [2.05, 4.69) is 10.3 Å². The van der Waals surface area contributed by atoms with Gasteiger partial charge in [0.2, 0.25) is 0 Å². The second kappa shape index (κ2) is 4.29. The maximum absolute atomic E-state index is 9.49. The molecular formula is C12H18N2O. The fourth-order valence-electron chi connectivity index (χ4n) is 1.66. The van der Waals surface area contributed by atoms with Crippen LogP contribution in [-0.2, 0) is 5.54 Å². The van der Waals surface area contributed by atoms with Gasteiger partial charge in [0.25, 0.3) is 0 Å². The normalized spacial score (nSPS) is 19.9. The molecule has 1 fully saturated rings. The molecule has 0 spiro atoms. The maximum Gasteiger partial charge on any atom is 0.0652 e. The van der Waals surface area contributed by atoms with Gasteiger partial charge in [0.15, 0.2) is 0 Å². The Morgan fingerprint density at radius 1 is 1.47 bits per heavy atom. The summed E-state index contributed by atoms with van der Waals surface area (Å²) in [7, 11) is 0. The molecular weight excluding hydrogens is 188 g/mol. The lowest BCUT2D eigenvalue weighted by molar-refractivity contribution is 0.173. The van der Waals surface area contributed by atoms with Crippen molar-refractivity contribution in [3.8, 4) is 0 Å². The number of hydrogen-bond acceptors (Lipinski definition) is 3. The summed E-state index contributed by atoms with van der Waals surface area (Å²) in [6, 6.07) is 3.91. The molecule has 2 rings (SSSR count). The van der Waals surface area contributed by atoms with Crippen LogP contribution < -0.4 is 5.32 Å². The first kappa shape index (κ1) is 10.6. The fraction of sp³-hybridized carbons (Fsp3) is 0.583. The predicted molar refractivity (Wildman–Crippen MR) is 59.4 cm³/mol. The third-order valence-electron chi connectivity index (χ3n) is 3.11. The van der Waals surface area contributed by atoms with Gasteiger partial charge in [-0.2, -0.15) is 0 Å². The summed E-state index contributed by atoms with van der Waals surface area (Å²) >= 11 is 0. The van der Waals surface area contributed by atoms with Crippen molar-refractivity contribution in [1.29, 1.82) is 0 Å². The first-order chi connectivity index (χ1) is 7.24. The van der Waals surface area contributed by atoms with E-state index in [1.807, 2.05) is 19.1 Å². The molecule has 82 valence electrons. The Bertz CT molecular complexity index is 311. The molecule has 1 aromatic heterocycles. The molecule has 1 atom stereocenters. The van der Waals surface area contributed by atoms with Crippen LogP contribution in [0, 0.1) is 5.92 Å². The topological polar surface area (TPSA) is 45.1 Å². The Morgan fingerprint density at radius 2 is 2.13 bits per heavy atom. The number of aliphatic hydroxyl groups excluding tert-OH is 1. The molecule has 0 amide bonds. The molecule has 1 aromatic rings. The summed E-state index contributed by atoms with van der Waals surface area (Å²) < 4.78 is 0. The van der Waals surface area contributed by atoms with Crippen molar-refractivity contribution in [2.24, 2.45) is 5.92 Å². The van der Waals surface area contributed by atoms with Crippen LogP contribution in [0.3, 0.4) is 0 Å². The van der Waals surface area contributed by atoms with Crippen molar-refractivity contribution in [2.75, 3.05) is 13.2 Å². The van der Waals surface area contributed by atoms with Gasteiger partial charge in [-0.25, -0.2) is 0 Å². The van der Waals surface area contributed by atoms with Crippen LogP contribution in [0.15, 0.2) is 24.5 Å². The van der Waals surface area contributed by atoms with Crippen molar-refractivity contribution in [2.45, 2.75) is 25.3 Å². The minimum atomic E-state index is -0.328. The lowest BCUT2D eigenvalue weighted by Gasteiger charge is -2.29. The molecule has 3 heteroatoms. The fourth-order valence-corrected chi connectivity index (χ4v) is 1.66. The van der Waals surface area contributed by atoms with Crippen LogP contribution in [0.2, 0.25) is 0 Å². The molecule has 1 aliphatic rings. The van der Waals surface area contributed by atoms with Crippen LogP contribution in [0.25, 0.3) is 0 Å². The highest BCUT2D eigenvalue weighted by atomic mass is 16.3. The number of aromatic nitrogens is 1. The van der Waals surface area contributed by atoms with Crippen molar-refractivity contribution < 1.29 is 5.11 Å². The van der Waals surface area contributed by atoms with Crippen molar-refractivity contribution in [3.63, 3.8) is 0 Å². The zero-order valence-corrected chi connectivity index (χ0v) is 9.11. The second-order valence-corrected chi connectivity index (χ2v) is 4.55. The third-order valence-corrected chi connectivity index (χ3v) is 3.11. The van der Waals surface area contributed by atoms with E-state index in [4.69, 9.17) is 0 Å². The molecule has 3 nitrogen and oxygen atoms in total. The van der Waals surface area contributed by atoms with E-state index in [9.17, 15) is 5.11 Å². The van der Waals surface area contributed by atoms with Crippen molar-refractivity contribution in [1.82, 2.24) is 10.3 Å². The SMILES string of the molecule is CC(CO)(NCC1CC1)c1ccncc1. The number of pyridine rings is 1. The summed E-state index contributed by atoms with van der Waals surface area (Å²) in [5.74, 6) is 0.817. The van der Waals surface area contributed by atoms with E-state index in [1.54, 1.807) is 12.4 Å². The van der Waals surface area contributed by atoms with Crippen LogP contribution in [0.5, 0.6) is 0 Å². The quantitative estimate of drug-likeness (QED) is 0.763. The second-order valence-electron chi connectivity index (χ2n) is 4.55. The Kier molecular flexibility index (Phi) is 3.03.